The fourth-order valence-electron chi connectivity index (χ4n) is 3.30. The van der Waals surface area contributed by atoms with Crippen molar-refractivity contribution in [3.63, 3.8) is 0 Å². The molecular weight excluding hydrogens is 471 g/mol. The molecule has 4 rings (SSSR count). The van der Waals surface area contributed by atoms with Crippen molar-refractivity contribution >= 4 is 46.8 Å². The van der Waals surface area contributed by atoms with E-state index in [4.69, 9.17) is 8.83 Å². The van der Waals surface area contributed by atoms with Crippen LogP contribution in [0.25, 0.3) is 11.0 Å². The molecule has 1 N–H and O–H groups in total. The van der Waals surface area contributed by atoms with Gasteiger partial charge in [-0.3, -0.25) is 9.79 Å². The van der Waals surface area contributed by atoms with Gasteiger partial charge in [-0.15, -0.1) is 24.0 Å². The minimum absolute atomic E-state index is 0. The molecule has 7 nitrogen and oxygen atoms in total. The topological polar surface area (TPSA) is 74.2 Å². The van der Waals surface area contributed by atoms with Gasteiger partial charge in [0, 0.05) is 38.6 Å². The number of aliphatic imine (C=N–C) groups is 1. The first-order chi connectivity index (χ1) is 13.2. The highest BCUT2D eigenvalue weighted by Crippen LogP contribution is 2.18. The number of benzene rings is 1. The summed E-state index contributed by atoms with van der Waals surface area (Å²) in [4.78, 5) is 20.7. The number of para-hydroxylation sites is 1. The number of hydrogen-bond acceptors (Lipinski definition) is 4. The number of amides is 1. The quantitative estimate of drug-likeness (QED) is 0.344. The van der Waals surface area contributed by atoms with Crippen LogP contribution in [0, 0.1) is 0 Å². The number of halogens is 1. The van der Waals surface area contributed by atoms with E-state index in [9.17, 15) is 4.79 Å². The normalized spacial score (nSPS) is 14.8. The SMILES string of the molecule is CN=C(NCc1cc2ccccc2o1)N1CCN(C(=O)c2ccco2)CC1.I. The smallest absolute Gasteiger partial charge is 0.289 e. The van der Waals surface area contributed by atoms with E-state index in [0.717, 1.165) is 22.7 Å². The molecule has 1 amide bonds. The first kappa shape index (κ1) is 20.2. The van der Waals surface area contributed by atoms with Gasteiger partial charge in [-0.05, 0) is 24.3 Å². The Morgan fingerprint density at radius 3 is 2.54 bits per heavy atom. The molecule has 3 heterocycles. The van der Waals surface area contributed by atoms with Crippen LogP contribution in [0.4, 0.5) is 0 Å². The van der Waals surface area contributed by atoms with Gasteiger partial charge in [-0.2, -0.15) is 0 Å². The zero-order chi connectivity index (χ0) is 18.6. The number of fused-ring (bicyclic) bond motifs is 1. The summed E-state index contributed by atoms with van der Waals surface area (Å²) in [5.41, 5.74) is 0.884. The molecule has 0 aliphatic carbocycles. The maximum absolute atomic E-state index is 12.4. The lowest BCUT2D eigenvalue weighted by Gasteiger charge is -2.36. The Morgan fingerprint density at radius 1 is 1.11 bits per heavy atom. The summed E-state index contributed by atoms with van der Waals surface area (Å²) in [5.74, 6) is 1.99. The first-order valence-corrected chi connectivity index (χ1v) is 9.00. The van der Waals surface area contributed by atoms with E-state index in [1.807, 2.05) is 35.2 Å². The summed E-state index contributed by atoms with van der Waals surface area (Å²) < 4.78 is 11.0. The molecule has 1 saturated heterocycles. The van der Waals surface area contributed by atoms with Gasteiger partial charge < -0.3 is 24.0 Å². The second kappa shape index (κ2) is 9.13. The third-order valence-electron chi connectivity index (χ3n) is 4.71. The van der Waals surface area contributed by atoms with Crippen molar-refractivity contribution in [1.29, 1.82) is 0 Å². The van der Waals surface area contributed by atoms with Crippen molar-refractivity contribution < 1.29 is 13.6 Å². The Labute approximate surface area is 180 Å². The summed E-state index contributed by atoms with van der Waals surface area (Å²) in [7, 11) is 1.77. The third-order valence-corrected chi connectivity index (χ3v) is 4.71. The first-order valence-electron chi connectivity index (χ1n) is 9.00. The Bertz CT molecular complexity index is 910. The van der Waals surface area contributed by atoms with Crippen LogP contribution >= 0.6 is 24.0 Å². The average Bonchev–Trinajstić information content (AvgIpc) is 3.38. The zero-order valence-electron chi connectivity index (χ0n) is 15.6. The maximum Gasteiger partial charge on any atom is 0.289 e. The zero-order valence-corrected chi connectivity index (χ0v) is 18.0. The lowest BCUT2D eigenvalue weighted by Crippen LogP contribution is -2.53. The number of carbonyl (C=O) groups is 1. The standard InChI is InChI=1S/C20H22N4O3.HI/c1-21-20(22-14-16-13-15-5-2-3-6-17(15)27-16)24-10-8-23(9-11-24)19(25)18-7-4-12-26-18;/h2-7,12-13H,8-11,14H2,1H3,(H,21,22);1H. The molecule has 1 aliphatic rings. The highest BCUT2D eigenvalue weighted by Gasteiger charge is 2.25. The molecule has 1 fully saturated rings. The monoisotopic (exact) mass is 494 g/mol. The fraction of sp³-hybridized carbons (Fsp3) is 0.300. The van der Waals surface area contributed by atoms with E-state index in [1.165, 1.54) is 6.26 Å². The predicted molar refractivity (Wildman–Crippen MR) is 118 cm³/mol. The van der Waals surface area contributed by atoms with Crippen LogP contribution in [0.15, 0.2) is 62.6 Å². The minimum atomic E-state index is -0.0649. The molecule has 0 radical (unpaired) electrons. The summed E-state index contributed by atoms with van der Waals surface area (Å²) >= 11 is 0. The lowest BCUT2D eigenvalue weighted by molar-refractivity contribution is 0.0657. The van der Waals surface area contributed by atoms with Crippen molar-refractivity contribution in [3.8, 4) is 0 Å². The molecule has 2 aromatic heterocycles. The van der Waals surface area contributed by atoms with E-state index in [0.29, 0.717) is 38.5 Å². The van der Waals surface area contributed by atoms with E-state index >= 15 is 0 Å². The van der Waals surface area contributed by atoms with Crippen molar-refractivity contribution in [2.45, 2.75) is 6.54 Å². The molecule has 148 valence electrons. The molecule has 1 aliphatic heterocycles. The molecule has 0 atom stereocenters. The number of rotatable bonds is 3. The van der Waals surface area contributed by atoms with Crippen LogP contribution in [0.3, 0.4) is 0 Å². The van der Waals surface area contributed by atoms with Crippen LogP contribution in [0.5, 0.6) is 0 Å². The van der Waals surface area contributed by atoms with Gasteiger partial charge in [0.1, 0.15) is 11.3 Å². The Hall–Kier alpha value is -2.49. The van der Waals surface area contributed by atoms with Crippen LogP contribution < -0.4 is 5.32 Å². The van der Waals surface area contributed by atoms with Crippen molar-refractivity contribution in [2.75, 3.05) is 33.2 Å². The Balaban J connectivity index is 0.00000225. The number of hydrogen-bond donors (Lipinski definition) is 1. The van der Waals surface area contributed by atoms with E-state index < -0.39 is 0 Å². The van der Waals surface area contributed by atoms with Crippen molar-refractivity contribution in [1.82, 2.24) is 15.1 Å². The largest absolute Gasteiger partial charge is 0.459 e. The third kappa shape index (κ3) is 4.32. The number of furan rings is 2. The van der Waals surface area contributed by atoms with E-state index in [-0.39, 0.29) is 29.9 Å². The van der Waals surface area contributed by atoms with Gasteiger partial charge in [0.2, 0.25) is 0 Å². The number of nitrogens with one attached hydrogen (secondary N) is 1. The van der Waals surface area contributed by atoms with Crippen molar-refractivity contribution in [2.24, 2.45) is 4.99 Å². The summed E-state index contributed by atoms with van der Waals surface area (Å²) in [5, 5.41) is 4.44. The minimum Gasteiger partial charge on any atom is -0.459 e. The van der Waals surface area contributed by atoms with Gasteiger partial charge >= 0.3 is 0 Å². The molecule has 0 unspecified atom stereocenters. The van der Waals surface area contributed by atoms with Crippen LogP contribution in [0.2, 0.25) is 0 Å². The number of nitrogens with zero attached hydrogens (tertiary/aromatic N) is 3. The molecule has 0 bridgehead atoms. The highest BCUT2D eigenvalue weighted by atomic mass is 127. The molecular formula is C20H23IN4O3. The number of carbonyl (C=O) groups excluding carboxylic acids is 1. The van der Waals surface area contributed by atoms with Crippen LogP contribution in [0.1, 0.15) is 16.3 Å². The van der Waals surface area contributed by atoms with E-state index in [2.05, 4.69) is 15.2 Å². The highest BCUT2D eigenvalue weighted by molar-refractivity contribution is 14.0. The Kier molecular flexibility index (Phi) is 6.61. The Morgan fingerprint density at radius 2 is 1.86 bits per heavy atom. The summed E-state index contributed by atoms with van der Waals surface area (Å²) in [6, 6.07) is 13.4. The average molecular weight is 494 g/mol. The lowest BCUT2D eigenvalue weighted by atomic mass is 10.2. The number of piperazine rings is 1. The summed E-state index contributed by atoms with van der Waals surface area (Å²) in [6.07, 6.45) is 1.52. The van der Waals surface area contributed by atoms with Crippen molar-refractivity contribution in [3.05, 3.63) is 60.2 Å². The van der Waals surface area contributed by atoms with Gasteiger partial charge in [-0.25, -0.2) is 0 Å². The van der Waals surface area contributed by atoms with Crippen LogP contribution in [-0.2, 0) is 6.54 Å². The second-order valence-electron chi connectivity index (χ2n) is 6.41. The molecule has 8 heteroatoms. The molecule has 1 aromatic carbocycles. The molecule has 0 spiro atoms. The summed E-state index contributed by atoms with van der Waals surface area (Å²) in [6.45, 7) is 3.25. The van der Waals surface area contributed by atoms with Gasteiger partial charge in [0.15, 0.2) is 11.7 Å². The van der Waals surface area contributed by atoms with Crippen LogP contribution in [-0.4, -0.2) is 54.9 Å². The fourth-order valence-corrected chi connectivity index (χ4v) is 3.30. The number of guanidine groups is 1. The van der Waals surface area contributed by atoms with Gasteiger partial charge in [0.25, 0.3) is 5.91 Å². The van der Waals surface area contributed by atoms with Gasteiger partial charge in [-0.1, -0.05) is 18.2 Å². The second-order valence-corrected chi connectivity index (χ2v) is 6.41. The molecule has 28 heavy (non-hydrogen) atoms. The molecule has 0 saturated carbocycles. The predicted octanol–water partition coefficient (Wildman–Crippen LogP) is 3.18. The van der Waals surface area contributed by atoms with Gasteiger partial charge in [0.05, 0.1) is 12.8 Å². The maximum atomic E-state index is 12.4. The van der Waals surface area contributed by atoms with E-state index in [1.54, 1.807) is 19.2 Å². The molecule has 3 aromatic rings.